The predicted molar refractivity (Wildman–Crippen MR) is 94.8 cm³/mol. The Kier molecular flexibility index (Phi) is 3.66. The first-order chi connectivity index (χ1) is 12.2. The molecule has 0 fully saturated rings. The van der Waals surface area contributed by atoms with Crippen LogP contribution in [0.3, 0.4) is 0 Å². The predicted octanol–water partition coefficient (Wildman–Crippen LogP) is 2.04. The average molecular weight is 333 g/mol. The van der Waals surface area contributed by atoms with Crippen molar-refractivity contribution in [1.82, 2.24) is 9.88 Å². The number of nitrogens with one attached hydrogen (secondary N) is 1. The molecule has 1 aliphatic heterocycles. The summed E-state index contributed by atoms with van der Waals surface area (Å²) >= 11 is 0. The Bertz CT molecular complexity index is 1040. The number of hydrogen-bond donors (Lipinski definition) is 2. The maximum Gasteiger partial charge on any atom is 0.277 e. The zero-order valence-electron chi connectivity index (χ0n) is 13.3. The van der Waals surface area contributed by atoms with Crippen LogP contribution in [0, 0.1) is 0 Å². The Labute approximate surface area is 143 Å². The van der Waals surface area contributed by atoms with E-state index in [1.165, 1.54) is 6.08 Å². The summed E-state index contributed by atoms with van der Waals surface area (Å²) in [4.78, 5) is 29.9. The molecule has 0 atom stereocenters. The Morgan fingerprint density at radius 2 is 1.84 bits per heavy atom. The second kappa shape index (κ2) is 5.99. The number of β-amino-alcohol motifs (C(OH)–C–C–N with tert-alkyl or cyclic N) is 1. The van der Waals surface area contributed by atoms with Gasteiger partial charge in [0.1, 0.15) is 5.70 Å². The Morgan fingerprint density at radius 1 is 1.04 bits per heavy atom. The van der Waals surface area contributed by atoms with Crippen molar-refractivity contribution in [3.63, 3.8) is 0 Å². The second-order valence-corrected chi connectivity index (χ2v) is 5.76. The summed E-state index contributed by atoms with van der Waals surface area (Å²) in [5.74, 6) is -0.878. The summed E-state index contributed by atoms with van der Waals surface area (Å²) < 4.78 is 0. The summed E-state index contributed by atoms with van der Waals surface area (Å²) in [7, 11) is 0. The quantitative estimate of drug-likeness (QED) is 0.564. The minimum atomic E-state index is -0.447. The minimum Gasteiger partial charge on any atom is -0.395 e. The Morgan fingerprint density at radius 3 is 2.68 bits per heavy atom. The minimum absolute atomic E-state index is 0.0161. The molecule has 0 spiro atoms. The van der Waals surface area contributed by atoms with E-state index in [-0.39, 0.29) is 18.8 Å². The van der Waals surface area contributed by atoms with Crippen LogP contribution < -0.4 is 5.32 Å². The van der Waals surface area contributed by atoms with Crippen molar-refractivity contribution in [2.45, 2.75) is 0 Å². The van der Waals surface area contributed by atoms with Gasteiger partial charge < -0.3 is 10.4 Å². The van der Waals surface area contributed by atoms with E-state index in [0.29, 0.717) is 5.69 Å². The molecule has 6 heteroatoms. The smallest absolute Gasteiger partial charge is 0.277 e. The molecule has 124 valence electrons. The zero-order chi connectivity index (χ0) is 17.4. The standard InChI is InChI=1S/C19H15N3O3/c23-9-8-22-17(24)11-16(19(22)25)20-15-7-3-5-13-10-12-4-1-2-6-14(12)21-18(13)15/h1-7,10-11,20,23H,8-9H2. The number of aliphatic hydroxyl groups is 1. The summed E-state index contributed by atoms with van der Waals surface area (Å²) in [6, 6.07) is 15.5. The average Bonchev–Trinajstić information content (AvgIpc) is 2.88. The number of aromatic nitrogens is 1. The number of para-hydroxylation sites is 2. The molecule has 0 radical (unpaired) electrons. The third-order valence-corrected chi connectivity index (χ3v) is 4.15. The van der Waals surface area contributed by atoms with Crippen molar-refractivity contribution >= 4 is 39.3 Å². The number of benzene rings is 2. The van der Waals surface area contributed by atoms with E-state index >= 15 is 0 Å². The van der Waals surface area contributed by atoms with Crippen LogP contribution in [0.5, 0.6) is 0 Å². The van der Waals surface area contributed by atoms with E-state index in [9.17, 15) is 9.59 Å². The van der Waals surface area contributed by atoms with Crippen molar-refractivity contribution in [3.05, 3.63) is 60.3 Å². The summed E-state index contributed by atoms with van der Waals surface area (Å²) in [6.07, 6.45) is 1.25. The van der Waals surface area contributed by atoms with E-state index in [2.05, 4.69) is 10.3 Å². The van der Waals surface area contributed by atoms with Crippen molar-refractivity contribution in [2.75, 3.05) is 18.5 Å². The maximum absolute atomic E-state index is 12.3. The molecule has 0 unspecified atom stereocenters. The van der Waals surface area contributed by atoms with Crippen LogP contribution in [0.4, 0.5) is 5.69 Å². The van der Waals surface area contributed by atoms with Crippen LogP contribution in [-0.2, 0) is 9.59 Å². The molecule has 1 aliphatic rings. The highest BCUT2D eigenvalue weighted by Gasteiger charge is 2.30. The third-order valence-electron chi connectivity index (χ3n) is 4.15. The second-order valence-electron chi connectivity index (χ2n) is 5.76. The number of nitrogens with zero attached hydrogens (tertiary/aromatic N) is 2. The lowest BCUT2D eigenvalue weighted by molar-refractivity contribution is -0.137. The monoisotopic (exact) mass is 333 g/mol. The van der Waals surface area contributed by atoms with Gasteiger partial charge in [-0.05, 0) is 18.2 Å². The van der Waals surface area contributed by atoms with Crippen LogP contribution in [0.15, 0.2) is 60.3 Å². The number of pyridine rings is 1. The van der Waals surface area contributed by atoms with Crippen LogP contribution in [0.2, 0.25) is 0 Å². The molecule has 4 rings (SSSR count). The van der Waals surface area contributed by atoms with Gasteiger partial charge in [0.2, 0.25) is 0 Å². The number of anilines is 1. The number of carbonyl (C=O) groups is 2. The topological polar surface area (TPSA) is 82.5 Å². The molecule has 1 aromatic heterocycles. The van der Waals surface area contributed by atoms with Crippen molar-refractivity contribution in [3.8, 4) is 0 Å². The molecule has 2 N–H and O–H groups in total. The van der Waals surface area contributed by atoms with Crippen LogP contribution in [-0.4, -0.2) is 40.0 Å². The molecule has 2 aromatic carbocycles. The fourth-order valence-electron chi connectivity index (χ4n) is 2.96. The van der Waals surface area contributed by atoms with Gasteiger partial charge in [0.15, 0.2) is 0 Å². The maximum atomic E-state index is 12.3. The lowest BCUT2D eigenvalue weighted by atomic mass is 10.1. The van der Waals surface area contributed by atoms with Gasteiger partial charge >= 0.3 is 0 Å². The molecule has 0 aliphatic carbocycles. The van der Waals surface area contributed by atoms with E-state index in [4.69, 9.17) is 5.11 Å². The highest BCUT2D eigenvalue weighted by Crippen LogP contribution is 2.27. The van der Waals surface area contributed by atoms with Crippen LogP contribution in [0.1, 0.15) is 0 Å². The molecule has 0 saturated heterocycles. The van der Waals surface area contributed by atoms with E-state index in [1.807, 2.05) is 48.5 Å². The first kappa shape index (κ1) is 15.3. The number of fused-ring (bicyclic) bond motifs is 2. The van der Waals surface area contributed by atoms with E-state index < -0.39 is 11.8 Å². The van der Waals surface area contributed by atoms with E-state index in [0.717, 1.165) is 26.7 Å². The molecular weight excluding hydrogens is 318 g/mol. The summed E-state index contributed by atoms with van der Waals surface area (Å²) in [5.41, 5.74) is 2.42. The summed E-state index contributed by atoms with van der Waals surface area (Å²) in [5, 5.41) is 14.0. The normalized spacial score (nSPS) is 14.4. The van der Waals surface area contributed by atoms with Gasteiger partial charge in [-0.25, -0.2) is 4.98 Å². The van der Waals surface area contributed by atoms with Gasteiger partial charge in [-0.1, -0.05) is 30.3 Å². The molecule has 6 nitrogen and oxygen atoms in total. The fraction of sp³-hybridized carbons (Fsp3) is 0.105. The summed E-state index contributed by atoms with van der Waals surface area (Å²) in [6.45, 7) is -0.280. The molecular formula is C19H15N3O3. The number of rotatable bonds is 4. The van der Waals surface area contributed by atoms with Gasteiger partial charge in [-0.3, -0.25) is 14.5 Å². The van der Waals surface area contributed by atoms with Crippen LogP contribution >= 0.6 is 0 Å². The van der Waals surface area contributed by atoms with Gasteiger partial charge in [0.25, 0.3) is 11.8 Å². The van der Waals surface area contributed by atoms with Gasteiger partial charge in [-0.2, -0.15) is 0 Å². The molecule has 0 saturated carbocycles. The Hall–Kier alpha value is -3.25. The zero-order valence-corrected chi connectivity index (χ0v) is 13.3. The molecule has 2 amide bonds. The van der Waals surface area contributed by atoms with Crippen LogP contribution in [0.25, 0.3) is 21.8 Å². The Balaban J connectivity index is 1.75. The highest BCUT2D eigenvalue weighted by molar-refractivity contribution is 6.18. The first-order valence-electron chi connectivity index (χ1n) is 7.91. The lowest BCUT2D eigenvalue weighted by Crippen LogP contribution is -2.34. The van der Waals surface area contributed by atoms with Crippen molar-refractivity contribution in [2.24, 2.45) is 0 Å². The molecule has 2 heterocycles. The fourth-order valence-corrected chi connectivity index (χ4v) is 2.96. The number of imide groups is 1. The van der Waals surface area contributed by atoms with E-state index in [1.54, 1.807) is 0 Å². The van der Waals surface area contributed by atoms with Crippen molar-refractivity contribution < 1.29 is 14.7 Å². The number of carbonyl (C=O) groups excluding carboxylic acids is 2. The molecule has 3 aromatic rings. The number of aliphatic hydroxyl groups excluding tert-OH is 1. The highest BCUT2D eigenvalue weighted by atomic mass is 16.3. The molecule has 0 bridgehead atoms. The van der Waals surface area contributed by atoms with Gasteiger partial charge in [0.05, 0.1) is 29.9 Å². The largest absolute Gasteiger partial charge is 0.395 e. The van der Waals surface area contributed by atoms with Crippen molar-refractivity contribution in [1.29, 1.82) is 0 Å². The lowest BCUT2D eigenvalue weighted by Gasteiger charge is -2.14. The third kappa shape index (κ3) is 2.62. The number of hydrogen-bond acceptors (Lipinski definition) is 5. The molecule has 25 heavy (non-hydrogen) atoms. The SMILES string of the molecule is O=C1C=C(Nc2cccc3cc4ccccc4nc23)C(=O)N1CCO. The van der Waals surface area contributed by atoms with Gasteiger partial charge in [0, 0.05) is 16.8 Å². The first-order valence-corrected chi connectivity index (χ1v) is 7.91. The number of amides is 2. The van der Waals surface area contributed by atoms with Gasteiger partial charge in [-0.15, -0.1) is 0 Å².